The van der Waals surface area contributed by atoms with Crippen LogP contribution in [-0.4, -0.2) is 17.1 Å². The lowest BCUT2D eigenvalue weighted by Gasteiger charge is -2.19. The van der Waals surface area contributed by atoms with E-state index in [1.165, 1.54) is 0 Å². The van der Waals surface area contributed by atoms with Gasteiger partial charge in [-0.05, 0) is 32.2 Å². The Hall–Kier alpha value is -1.13. The molecule has 0 aliphatic rings. The molecule has 0 saturated heterocycles. The van der Waals surface area contributed by atoms with E-state index in [1.807, 2.05) is 17.5 Å². The Kier molecular flexibility index (Phi) is 3.64. The molecular formula is C13H18N2OS. The van der Waals surface area contributed by atoms with E-state index in [9.17, 15) is 0 Å². The standard InChI is InChI=1S/C13H18N2OS/c1-13(2,3)15-7-6-12-14-9-10(16-12)11-5-4-8-17-11/h4-5,8-9,15H,6-7H2,1-3H3. The second-order valence-corrected chi connectivity index (χ2v) is 5.97. The fraction of sp³-hybridized carbons (Fsp3) is 0.462. The zero-order chi connectivity index (χ0) is 12.3. The van der Waals surface area contributed by atoms with Gasteiger partial charge in [-0.1, -0.05) is 6.07 Å². The van der Waals surface area contributed by atoms with Gasteiger partial charge in [-0.25, -0.2) is 4.98 Å². The molecule has 0 amide bonds. The van der Waals surface area contributed by atoms with Crippen molar-refractivity contribution in [1.29, 1.82) is 0 Å². The third-order valence-corrected chi connectivity index (χ3v) is 3.20. The minimum absolute atomic E-state index is 0.142. The Morgan fingerprint density at radius 2 is 2.24 bits per heavy atom. The van der Waals surface area contributed by atoms with Crippen LogP contribution in [0.25, 0.3) is 10.6 Å². The van der Waals surface area contributed by atoms with Gasteiger partial charge in [0.25, 0.3) is 0 Å². The highest BCUT2D eigenvalue weighted by molar-refractivity contribution is 7.13. The van der Waals surface area contributed by atoms with Gasteiger partial charge in [-0.15, -0.1) is 11.3 Å². The SMILES string of the molecule is CC(C)(C)NCCc1ncc(-c2cccs2)o1. The van der Waals surface area contributed by atoms with Crippen LogP contribution in [0.3, 0.4) is 0 Å². The molecule has 0 bridgehead atoms. The molecule has 0 aromatic carbocycles. The molecule has 0 saturated carbocycles. The van der Waals surface area contributed by atoms with Crippen molar-refractivity contribution in [3.05, 3.63) is 29.6 Å². The van der Waals surface area contributed by atoms with Crippen LogP contribution in [0, 0.1) is 0 Å². The third-order valence-electron chi connectivity index (χ3n) is 2.31. The van der Waals surface area contributed by atoms with Gasteiger partial charge in [0, 0.05) is 18.5 Å². The number of rotatable bonds is 4. The highest BCUT2D eigenvalue weighted by Gasteiger charge is 2.10. The number of nitrogens with one attached hydrogen (secondary N) is 1. The zero-order valence-electron chi connectivity index (χ0n) is 10.5. The van der Waals surface area contributed by atoms with Crippen LogP contribution in [0.4, 0.5) is 0 Å². The predicted octanol–water partition coefficient (Wildman–Crippen LogP) is 3.33. The summed E-state index contributed by atoms with van der Waals surface area (Å²) in [5.74, 6) is 1.66. The van der Waals surface area contributed by atoms with Gasteiger partial charge in [0.2, 0.25) is 0 Å². The molecule has 0 aliphatic carbocycles. The number of hydrogen-bond acceptors (Lipinski definition) is 4. The Balaban J connectivity index is 1.91. The first kappa shape index (κ1) is 12.3. The Bertz CT molecular complexity index is 454. The Morgan fingerprint density at radius 3 is 2.88 bits per heavy atom. The van der Waals surface area contributed by atoms with E-state index in [-0.39, 0.29) is 5.54 Å². The van der Waals surface area contributed by atoms with Crippen molar-refractivity contribution >= 4 is 11.3 Å². The van der Waals surface area contributed by atoms with Crippen LogP contribution >= 0.6 is 11.3 Å². The number of oxazole rings is 1. The molecule has 2 aromatic heterocycles. The fourth-order valence-electron chi connectivity index (χ4n) is 1.50. The van der Waals surface area contributed by atoms with E-state index in [2.05, 4.69) is 31.1 Å². The van der Waals surface area contributed by atoms with Crippen LogP contribution in [0.1, 0.15) is 26.7 Å². The zero-order valence-corrected chi connectivity index (χ0v) is 11.3. The van der Waals surface area contributed by atoms with Crippen molar-refractivity contribution in [3.63, 3.8) is 0 Å². The summed E-state index contributed by atoms with van der Waals surface area (Å²) in [5, 5.41) is 5.46. The monoisotopic (exact) mass is 250 g/mol. The lowest BCUT2D eigenvalue weighted by Crippen LogP contribution is -2.37. The van der Waals surface area contributed by atoms with Gasteiger partial charge >= 0.3 is 0 Å². The normalized spacial score (nSPS) is 11.9. The lowest BCUT2D eigenvalue weighted by molar-refractivity contribution is 0.412. The second-order valence-electron chi connectivity index (χ2n) is 5.02. The summed E-state index contributed by atoms with van der Waals surface area (Å²) >= 11 is 1.67. The number of nitrogens with zero attached hydrogens (tertiary/aromatic N) is 1. The summed E-state index contributed by atoms with van der Waals surface area (Å²) in [4.78, 5) is 5.42. The first-order chi connectivity index (χ1) is 8.04. The molecule has 0 radical (unpaired) electrons. The molecule has 0 spiro atoms. The Labute approximate surface area is 106 Å². The third kappa shape index (κ3) is 3.68. The van der Waals surface area contributed by atoms with E-state index >= 15 is 0 Å². The van der Waals surface area contributed by atoms with Gasteiger partial charge in [-0.3, -0.25) is 0 Å². The van der Waals surface area contributed by atoms with Crippen molar-refractivity contribution in [2.75, 3.05) is 6.54 Å². The van der Waals surface area contributed by atoms with Crippen molar-refractivity contribution in [1.82, 2.24) is 10.3 Å². The number of aromatic nitrogens is 1. The van der Waals surface area contributed by atoms with E-state index in [0.29, 0.717) is 0 Å². The molecule has 2 heterocycles. The smallest absolute Gasteiger partial charge is 0.196 e. The van der Waals surface area contributed by atoms with Crippen LogP contribution in [-0.2, 0) is 6.42 Å². The van der Waals surface area contributed by atoms with Gasteiger partial charge < -0.3 is 9.73 Å². The maximum absolute atomic E-state index is 5.70. The minimum atomic E-state index is 0.142. The van der Waals surface area contributed by atoms with Crippen molar-refractivity contribution < 1.29 is 4.42 Å². The van der Waals surface area contributed by atoms with Crippen LogP contribution in [0.15, 0.2) is 28.1 Å². The van der Waals surface area contributed by atoms with Crippen LogP contribution in [0.5, 0.6) is 0 Å². The molecule has 2 rings (SSSR count). The second kappa shape index (κ2) is 5.02. The summed E-state index contributed by atoms with van der Waals surface area (Å²) in [6.07, 6.45) is 2.63. The largest absolute Gasteiger partial charge is 0.440 e. The van der Waals surface area contributed by atoms with Crippen molar-refractivity contribution in [3.8, 4) is 10.6 Å². The van der Waals surface area contributed by atoms with E-state index in [1.54, 1.807) is 17.5 Å². The summed E-state index contributed by atoms with van der Waals surface area (Å²) in [7, 11) is 0. The van der Waals surface area contributed by atoms with Crippen molar-refractivity contribution in [2.24, 2.45) is 0 Å². The molecule has 2 aromatic rings. The molecule has 92 valence electrons. The fourth-order valence-corrected chi connectivity index (χ4v) is 2.17. The molecule has 1 N–H and O–H groups in total. The minimum Gasteiger partial charge on any atom is -0.440 e. The lowest BCUT2D eigenvalue weighted by atomic mass is 10.1. The predicted molar refractivity (Wildman–Crippen MR) is 71.3 cm³/mol. The highest BCUT2D eigenvalue weighted by Crippen LogP contribution is 2.25. The van der Waals surface area contributed by atoms with Gasteiger partial charge in [-0.2, -0.15) is 0 Å². The number of hydrogen-bond donors (Lipinski definition) is 1. The molecule has 4 heteroatoms. The first-order valence-electron chi connectivity index (χ1n) is 5.78. The van der Waals surface area contributed by atoms with Gasteiger partial charge in [0.05, 0.1) is 11.1 Å². The average Bonchev–Trinajstić information content (AvgIpc) is 2.83. The van der Waals surface area contributed by atoms with Crippen molar-refractivity contribution in [2.45, 2.75) is 32.7 Å². The van der Waals surface area contributed by atoms with E-state index < -0.39 is 0 Å². The highest BCUT2D eigenvalue weighted by atomic mass is 32.1. The summed E-state index contributed by atoms with van der Waals surface area (Å²) in [6, 6.07) is 4.06. The maximum atomic E-state index is 5.70. The molecule has 3 nitrogen and oxygen atoms in total. The average molecular weight is 250 g/mol. The summed E-state index contributed by atoms with van der Waals surface area (Å²) in [6.45, 7) is 7.34. The molecule has 0 unspecified atom stereocenters. The van der Waals surface area contributed by atoms with Gasteiger partial charge in [0.1, 0.15) is 0 Å². The van der Waals surface area contributed by atoms with Gasteiger partial charge in [0.15, 0.2) is 11.7 Å². The summed E-state index contributed by atoms with van der Waals surface area (Å²) < 4.78 is 5.70. The van der Waals surface area contributed by atoms with E-state index in [4.69, 9.17) is 4.42 Å². The molecule has 0 fully saturated rings. The molecule has 17 heavy (non-hydrogen) atoms. The number of thiophene rings is 1. The summed E-state index contributed by atoms with van der Waals surface area (Å²) in [5.41, 5.74) is 0.142. The first-order valence-corrected chi connectivity index (χ1v) is 6.66. The molecule has 0 atom stereocenters. The quantitative estimate of drug-likeness (QED) is 0.904. The Morgan fingerprint density at radius 1 is 1.41 bits per heavy atom. The van der Waals surface area contributed by atoms with Crippen LogP contribution in [0.2, 0.25) is 0 Å². The van der Waals surface area contributed by atoms with E-state index in [0.717, 1.165) is 29.5 Å². The molecular weight excluding hydrogens is 232 g/mol. The molecule has 0 aliphatic heterocycles. The maximum Gasteiger partial charge on any atom is 0.196 e. The van der Waals surface area contributed by atoms with Crippen LogP contribution < -0.4 is 5.32 Å². The topological polar surface area (TPSA) is 38.1 Å².